The summed E-state index contributed by atoms with van der Waals surface area (Å²) < 4.78 is 0. The Bertz CT molecular complexity index is 1160. The Morgan fingerprint density at radius 3 is 2.81 bits per heavy atom. The van der Waals surface area contributed by atoms with E-state index in [2.05, 4.69) is 51.4 Å². The number of hydrogen-bond acceptors (Lipinski definition) is 6. The monoisotopic (exact) mass is 466 g/mol. The fourth-order valence-corrected chi connectivity index (χ4v) is 4.78. The molecule has 1 amide bonds. The number of aromatic amines is 1. The minimum Gasteiger partial charge on any atom is -0.325 e. The minimum absolute atomic E-state index is 0.112. The van der Waals surface area contributed by atoms with E-state index in [1.165, 1.54) is 22.9 Å². The van der Waals surface area contributed by atoms with Crippen LogP contribution in [-0.4, -0.2) is 39.3 Å². The van der Waals surface area contributed by atoms with Crippen molar-refractivity contribution >= 4 is 35.1 Å². The van der Waals surface area contributed by atoms with E-state index in [0.29, 0.717) is 11.7 Å². The van der Waals surface area contributed by atoms with Crippen molar-refractivity contribution in [1.82, 2.24) is 14.9 Å². The Labute approximate surface area is 196 Å². The first kappa shape index (κ1) is 22.6. The van der Waals surface area contributed by atoms with Crippen LogP contribution in [0.1, 0.15) is 22.4 Å². The van der Waals surface area contributed by atoms with Crippen LogP contribution in [0.15, 0.2) is 63.4 Å². The molecule has 3 aromatic rings. The van der Waals surface area contributed by atoms with E-state index in [-0.39, 0.29) is 17.2 Å². The Hall–Kier alpha value is -2.55. The van der Waals surface area contributed by atoms with Gasteiger partial charge in [0.25, 0.3) is 5.56 Å². The maximum Gasteiger partial charge on any atom is 0.256 e. The van der Waals surface area contributed by atoms with Gasteiger partial charge in [-0.3, -0.25) is 14.5 Å². The summed E-state index contributed by atoms with van der Waals surface area (Å²) in [5, 5.41) is 3.39. The van der Waals surface area contributed by atoms with Crippen LogP contribution in [0.4, 0.5) is 5.69 Å². The molecule has 0 fully saturated rings. The first-order valence-corrected chi connectivity index (χ1v) is 12.7. The largest absolute Gasteiger partial charge is 0.325 e. The lowest BCUT2D eigenvalue weighted by molar-refractivity contribution is -0.113. The number of carbonyl (C=O) groups is 1. The summed E-state index contributed by atoms with van der Waals surface area (Å²) >= 11 is 2.88. The van der Waals surface area contributed by atoms with Gasteiger partial charge in [-0.05, 0) is 36.9 Å². The molecule has 2 aromatic carbocycles. The van der Waals surface area contributed by atoms with E-state index < -0.39 is 0 Å². The van der Waals surface area contributed by atoms with Gasteiger partial charge in [0, 0.05) is 36.6 Å². The number of hydrogen-bond donors (Lipinski definition) is 2. The molecule has 32 heavy (non-hydrogen) atoms. The van der Waals surface area contributed by atoms with Gasteiger partial charge < -0.3 is 10.3 Å². The molecule has 0 radical (unpaired) electrons. The van der Waals surface area contributed by atoms with Gasteiger partial charge in [0.1, 0.15) is 0 Å². The maximum absolute atomic E-state index is 12.7. The molecule has 8 heteroatoms. The highest BCUT2D eigenvalue weighted by Gasteiger charge is 2.21. The number of benzene rings is 2. The number of H-pyrrole nitrogens is 1. The molecule has 1 aliphatic heterocycles. The Morgan fingerprint density at radius 2 is 2.03 bits per heavy atom. The van der Waals surface area contributed by atoms with Crippen molar-refractivity contribution in [3.63, 3.8) is 0 Å². The molecule has 1 aliphatic rings. The third-order valence-electron chi connectivity index (χ3n) is 5.35. The number of anilines is 1. The number of thioether (sulfide) groups is 2. The number of aromatic nitrogens is 2. The van der Waals surface area contributed by atoms with E-state index >= 15 is 0 Å². The van der Waals surface area contributed by atoms with Gasteiger partial charge in [0.15, 0.2) is 5.16 Å². The number of aryl methyl sites for hydroxylation is 1. The van der Waals surface area contributed by atoms with Crippen molar-refractivity contribution in [3.05, 3.63) is 81.3 Å². The predicted octanol–water partition coefficient (Wildman–Crippen LogP) is 4.09. The summed E-state index contributed by atoms with van der Waals surface area (Å²) in [6.45, 7) is 4.33. The van der Waals surface area contributed by atoms with Crippen LogP contribution >= 0.6 is 23.5 Å². The lowest BCUT2D eigenvalue weighted by atomic mass is 10.1. The van der Waals surface area contributed by atoms with Crippen LogP contribution in [0.25, 0.3) is 0 Å². The van der Waals surface area contributed by atoms with Crippen molar-refractivity contribution < 1.29 is 4.79 Å². The summed E-state index contributed by atoms with van der Waals surface area (Å²) in [5.41, 5.74) is 4.70. The summed E-state index contributed by atoms with van der Waals surface area (Å²) in [6.07, 6.45) is 2.73. The average Bonchev–Trinajstić information content (AvgIpc) is 2.80. The van der Waals surface area contributed by atoms with Crippen LogP contribution in [0.5, 0.6) is 0 Å². The molecule has 0 saturated heterocycles. The average molecular weight is 467 g/mol. The van der Waals surface area contributed by atoms with E-state index in [4.69, 9.17) is 0 Å². The van der Waals surface area contributed by atoms with Crippen molar-refractivity contribution in [2.45, 2.75) is 36.5 Å². The van der Waals surface area contributed by atoms with E-state index in [9.17, 15) is 9.59 Å². The smallest absolute Gasteiger partial charge is 0.256 e. The van der Waals surface area contributed by atoms with Gasteiger partial charge in [-0.1, -0.05) is 47.7 Å². The lowest BCUT2D eigenvalue weighted by Gasteiger charge is -2.27. The zero-order valence-corrected chi connectivity index (χ0v) is 19.8. The van der Waals surface area contributed by atoms with Gasteiger partial charge in [-0.2, -0.15) is 0 Å². The summed E-state index contributed by atoms with van der Waals surface area (Å²) in [7, 11) is 0. The molecule has 0 atom stereocenters. The standard InChI is InChI=1S/C24H26N4O2S2/c1-16-6-8-17(9-7-16)13-28-11-10-21-20(14-28)23(30)27-24(26-21)32-15-22(29)25-18-4-3-5-19(12-18)31-2/h3-9,12H,10-11,13-15H2,1-2H3,(H,25,29)(H,26,27,30). The number of rotatable bonds is 7. The Kier molecular flexibility index (Phi) is 7.34. The second-order valence-corrected chi connectivity index (χ2v) is 9.66. The quantitative estimate of drug-likeness (QED) is 0.403. The molecule has 166 valence electrons. The van der Waals surface area contributed by atoms with E-state index in [0.717, 1.165) is 41.4 Å². The van der Waals surface area contributed by atoms with Crippen LogP contribution in [0, 0.1) is 6.92 Å². The number of amides is 1. The van der Waals surface area contributed by atoms with Crippen LogP contribution in [0.2, 0.25) is 0 Å². The van der Waals surface area contributed by atoms with Crippen LogP contribution in [-0.2, 0) is 24.3 Å². The van der Waals surface area contributed by atoms with Gasteiger partial charge in [-0.15, -0.1) is 11.8 Å². The highest BCUT2D eigenvalue weighted by molar-refractivity contribution is 7.99. The van der Waals surface area contributed by atoms with E-state index in [1.54, 1.807) is 11.8 Å². The zero-order valence-electron chi connectivity index (χ0n) is 18.2. The van der Waals surface area contributed by atoms with Gasteiger partial charge in [-0.25, -0.2) is 4.98 Å². The highest BCUT2D eigenvalue weighted by Crippen LogP contribution is 2.21. The predicted molar refractivity (Wildman–Crippen MR) is 131 cm³/mol. The van der Waals surface area contributed by atoms with Gasteiger partial charge in [0.05, 0.1) is 17.0 Å². The molecule has 0 saturated carbocycles. The molecular weight excluding hydrogens is 440 g/mol. The second kappa shape index (κ2) is 10.4. The van der Waals surface area contributed by atoms with Gasteiger partial charge in [0.2, 0.25) is 5.91 Å². The minimum atomic E-state index is -0.127. The molecule has 0 spiro atoms. The molecule has 4 rings (SSSR count). The molecule has 1 aromatic heterocycles. The maximum atomic E-state index is 12.7. The van der Waals surface area contributed by atoms with Crippen molar-refractivity contribution in [1.29, 1.82) is 0 Å². The number of carbonyl (C=O) groups excluding carboxylic acids is 1. The molecule has 0 unspecified atom stereocenters. The third kappa shape index (κ3) is 5.82. The summed E-state index contributed by atoms with van der Waals surface area (Å²) in [4.78, 5) is 35.9. The van der Waals surface area contributed by atoms with Gasteiger partial charge >= 0.3 is 0 Å². The highest BCUT2D eigenvalue weighted by atomic mass is 32.2. The van der Waals surface area contributed by atoms with Crippen LogP contribution in [0.3, 0.4) is 0 Å². The van der Waals surface area contributed by atoms with Crippen molar-refractivity contribution in [3.8, 4) is 0 Å². The van der Waals surface area contributed by atoms with Crippen molar-refractivity contribution in [2.75, 3.05) is 23.9 Å². The normalized spacial score (nSPS) is 13.6. The Balaban J connectivity index is 1.36. The van der Waals surface area contributed by atoms with Crippen LogP contribution < -0.4 is 10.9 Å². The molecule has 2 heterocycles. The number of nitrogens with one attached hydrogen (secondary N) is 2. The topological polar surface area (TPSA) is 78.1 Å². The molecule has 0 bridgehead atoms. The molecule has 0 aliphatic carbocycles. The number of nitrogens with zero attached hydrogens (tertiary/aromatic N) is 2. The first-order valence-electron chi connectivity index (χ1n) is 10.5. The fourth-order valence-electron chi connectivity index (χ4n) is 3.64. The van der Waals surface area contributed by atoms with E-state index in [1.807, 2.05) is 30.5 Å². The Morgan fingerprint density at radius 1 is 1.22 bits per heavy atom. The fraction of sp³-hybridized carbons (Fsp3) is 0.292. The lowest BCUT2D eigenvalue weighted by Crippen LogP contribution is -2.35. The third-order valence-corrected chi connectivity index (χ3v) is 6.94. The first-order chi connectivity index (χ1) is 15.5. The second-order valence-electron chi connectivity index (χ2n) is 7.81. The number of fused-ring (bicyclic) bond motifs is 1. The molecular formula is C24H26N4O2S2. The molecule has 6 nitrogen and oxygen atoms in total. The van der Waals surface area contributed by atoms with Crippen molar-refractivity contribution in [2.24, 2.45) is 0 Å². The molecule has 2 N–H and O–H groups in total. The SMILES string of the molecule is CSc1cccc(NC(=O)CSc2nc3c(c(=O)[nH]2)CN(Cc2ccc(C)cc2)CC3)c1. The summed E-state index contributed by atoms with van der Waals surface area (Å²) in [5.74, 6) is 0.0583. The zero-order chi connectivity index (χ0) is 22.5. The summed E-state index contributed by atoms with van der Waals surface area (Å²) in [6, 6.07) is 16.2.